The fraction of sp³-hybridized carbons (Fsp3) is 0.312. The Morgan fingerprint density at radius 1 is 1.29 bits per heavy atom. The van der Waals surface area contributed by atoms with Gasteiger partial charge in [-0.15, -0.1) is 0 Å². The first-order valence-corrected chi connectivity index (χ1v) is 6.90. The minimum absolute atomic E-state index is 0.101. The van der Waals surface area contributed by atoms with E-state index in [1.54, 1.807) is 25.3 Å². The van der Waals surface area contributed by atoms with E-state index in [1.165, 1.54) is 11.8 Å². The first kappa shape index (κ1) is 15.0. The first-order valence-electron chi connectivity index (χ1n) is 6.90. The third-order valence-corrected chi connectivity index (χ3v) is 3.67. The molecule has 0 aliphatic rings. The summed E-state index contributed by atoms with van der Waals surface area (Å²) in [4.78, 5) is 14.9. The van der Waals surface area contributed by atoms with Crippen LogP contribution in [-0.4, -0.2) is 15.7 Å². The molecular weight excluding hydrogens is 266 g/mol. The van der Waals surface area contributed by atoms with Gasteiger partial charge in [0.25, 0.3) is 5.69 Å². The normalized spacial score (nSPS) is 11.2. The van der Waals surface area contributed by atoms with Crippen LogP contribution in [0.4, 0.5) is 11.4 Å². The number of nitro groups is 1. The number of hydrogen-bond acceptors (Lipinski definition) is 3. The molecule has 0 unspecified atom stereocenters. The zero-order valence-electron chi connectivity index (χ0n) is 12.8. The van der Waals surface area contributed by atoms with Crippen LogP contribution in [0.3, 0.4) is 0 Å². The zero-order chi connectivity index (χ0) is 15.6. The standard InChI is InChI=1S/C16H19N3O2/c1-5-18-12(3)8-14(13(18)4)10-17-15-7-6-11(2)16(9-15)19(20)21/h6-10H,5H2,1-4H3. The molecule has 110 valence electrons. The first-order chi connectivity index (χ1) is 9.93. The van der Waals surface area contributed by atoms with Crippen molar-refractivity contribution >= 4 is 17.6 Å². The number of hydrogen-bond donors (Lipinski definition) is 0. The maximum Gasteiger partial charge on any atom is 0.274 e. The maximum absolute atomic E-state index is 10.9. The van der Waals surface area contributed by atoms with Gasteiger partial charge in [-0.3, -0.25) is 15.1 Å². The number of aryl methyl sites for hydroxylation is 2. The van der Waals surface area contributed by atoms with Gasteiger partial charge < -0.3 is 4.57 Å². The molecule has 0 fully saturated rings. The van der Waals surface area contributed by atoms with Crippen molar-refractivity contribution in [1.29, 1.82) is 0 Å². The SMILES string of the molecule is CCn1c(C)cc(C=Nc2ccc(C)c([N+](=O)[O-])c2)c1C. The number of aromatic nitrogens is 1. The molecule has 2 rings (SSSR count). The van der Waals surface area contributed by atoms with Crippen LogP contribution < -0.4 is 0 Å². The van der Waals surface area contributed by atoms with Crippen molar-refractivity contribution in [2.75, 3.05) is 0 Å². The molecule has 0 spiro atoms. The van der Waals surface area contributed by atoms with Gasteiger partial charge in [0, 0.05) is 41.3 Å². The van der Waals surface area contributed by atoms with Gasteiger partial charge in [0.15, 0.2) is 0 Å². The predicted molar refractivity (Wildman–Crippen MR) is 84.7 cm³/mol. The van der Waals surface area contributed by atoms with Gasteiger partial charge in [0.1, 0.15) is 0 Å². The highest BCUT2D eigenvalue weighted by Crippen LogP contribution is 2.24. The zero-order valence-corrected chi connectivity index (χ0v) is 12.8. The summed E-state index contributed by atoms with van der Waals surface area (Å²) >= 11 is 0. The van der Waals surface area contributed by atoms with E-state index < -0.39 is 0 Å². The molecule has 5 heteroatoms. The summed E-state index contributed by atoms with van der Waals surface area (Å²) in [5.41, 5.74) is 4.71. The quantitative estimate of drug-likeness (QED) is 0.482. The summed E-state index contributed by atoms with van der Waals surface area (Å²) < 4.78 is 2.21. The minimum atomic E-state index is -0.378. The summed E-state index contributed by atoms with van der Waals surface area (Å²) in [6, 6.07) is 7.09. The highest BCUT2D eigenvalue weighted by molar-refractivity contribution is 5.84. The second kappa shape index (κ2) is 5.91. The van der Waals surface area contributed by atoms with E-state index in [4.69, 9.17) is 0 Å². The van der Waals surface area contributed by atoms with Crippen LogP contribution in [0.1, 0.15) is 29.4 Å². The molecule has 5 nitrogen and oxygen atoms in total. The summed E-state index contributed by atoms with van der Waals surface area (Å²) in [7, 11) is 0. The molecule has 0 aliphatic carbocycles. The van der Waals surface area contributed by atoms with Gasteiger partial charge in [-0.25, -0.2) is 0 Å². The lowest BCUT2D eigenvalue weighted by Crippen LogP contribution is -1.99. The van der Waals surface area contributed by atoms with Gasteiger partial charge in [-0.1, -0.05) is 6.07 Å². The monoisotopic (exact) mass is 285 g/mol. The van der Waals surface area contributed by atoms with Crippen LogP contribution in [0.5, 0.6) is 0 Å². The number of nitro benzene ring substituents is 1. The predicted octanol–water partition coefficient (Wildman–Crippen LogP) is 4.09. The molecule has 0 N–H and O–H groups in total. The van der Waals surface area contributed by atoms with Gasteiger partial charge in [0.2, 0.25) is 0 Å². The van der Waals surface area contributed by atoms with E-state index in [0.717, 1.165) is 17.8 Å². The highest BCUT2D eigenvalue weighted by Gasteiger charge is 2.10. The smallest absolute Gasteiger partial charge is 0.274 e. The Hall–Kier alpha value is -2.43. The summed E-state index contributed by atoms with van der Waals surface area (Å²) in [5, 5.41) is 10.9. The van der Waals surface area contributed by atoms with Gasteiger partial charge >= 0.3 is 0 Å². The van der Waals surface area contributed by atoms with Gasteiger partial charge in [0.05, 0.1) is 10.6 Å². The average molecular weight is 285 g/mol. The van der Waals surface area contributed by atoms with E-state index in [1.807, 2.05) is 0 Å². The van der Waals surface area contributed by atoms with Crippen LogP contribution in [0.25, 0.3) is 0 Å². The molecule has 0 aliphatic heterocycles. The molecule has 0 amide bonds. The molecule has 0 saturated heterocycles. The summed E-state index contributed by atoms with van der Waals surface area (Å²) in [5.74, 6) is 0. The Kier molecular flexibility index (Phi) is 4.21. The van der Waals surface area contributed by atoms with Crippen molar-refractivity contribution in [1.82, 2.24) is 4.57 Å². The Bertz CT molecular complexity index is 715. The topological polar surface area (TPSA) is 60.4 Å². The average Bonchev–Trinajstić information content (AvgIpc) is 2.71. The van der Waals surface area contributed by atoms with Crippen molar-refractivity contribution in [3.05, 3.63) is 56.9 Å². The highest BCUT2D eigenvalue weighted by atomic mass is 16.6. The number of rotatable bonds is 4. The Labute approximate surface area is 124 Å². The molecule has 2 aromatic rings. The lowest BCUT2D eigenvalue weighted by molar-refractivity contribution is -0.385. The van der Waals surface area contributed by atoms with Crippen LogP contribution in [0.2, 0.25) is 0 Å². The van der Waals surface area contributed by atoms with Crippen LogP contribution in [-0.2, 0) is 6.54 Å². The largest absolute Gasteiger partial charge is 0.349 e. The fourth-order valence-electron chi connectivity index (χ4n) is 2.46. The van der Waals surface area contributed by atoms with Gasteiger partial charge in [-0.05, 0) is 39.8 Å². The molecule has 0 saturated carbocycles. The molecule has 21 heavy (non-hydrogen) atoms. The van der Waals surface area contributed by atoms with E-state index in [0.29, 0.717) is 11.3 Å². The second-order valence-electron chi connectivity index (χ2n) is 5.06. The molecule has 1 aromatic carbocycles. The Morgan fingerprint density at radius 2 is 2.00 bits per heavy atom. The summed E-state index contributed by atoms with van der Waals surface area (Å²) in [6.45, 7) is 8.85. The van der Waals surface area contributed by atoms with Crippen LogP contribution in [0.15, 0.2) is 29.3 Å². The molecule has 0 atom stereocenters. The van der Waals surface area contributed by atoms with Gasteiger partial charge in [-0.2, -0.15) is 0 Å². The Balaban J connectivity index is 2.34. The van der Waals surface area contributed by atoms with Crippen molar-refractivity contribution in [2.45, 2.75) is 34.2 Å². The molecule has 0 bridgehead atoms. The van der Waals surface area contributed by atoms with E-state index in [2.05, 4.69) is 36.4 Å². The number of nitrogens with zero attached hydrogens (tertiary/aromatic N) is 3. The third kappa shape index (κ3) is 3.02. The third-order valence-electron chi connectivity index (χ3n) is 3.67. The van der Waals surface area contributed by atoms with Crippen molar-refractivity contribution in [3.8, 4) is 0 Å². The molecular formula is C16H19N3O2. The lowest BCUT2D eigenvalue weighted by atomic mass is 10.2. The second-order valence-corrected chi connectivity index (χ2v) is 5.06. The fourth-order valence-corrected chi connectivity index (χ4v) is 2.46. The van der Waals surface area contributed by atoms with E-state index in [9.17, 15) is 10.1 Å². The number of benzene rings is 1. The van der Waals surface area contributed by atoms with Crippen LogP contribution >= 0.6 is 0 Å². The van der Waals surface area contributed by atoms with E-state index >= 15 is 0 Å². The molecule has 0 radical (unpaired) electrons. The maximum atomic E-state index is 10.9. The van der Waals surface area contributed by atoms with Crippen LogP contribution in [0, 0.1) is 30.9 Å². The van der Waals surface area contributed by atoms with Crippen molar-refractivity contribution in [3.63, 3.8) is 0 Å². The van der Waals surface area contributed by atoms with Crippen molar-refractivity contribution < 1.29 is 4.92 Å². The summed E-state index contributed by atoms with van der Waals surface area (Å²) in [6.07, 6.45) is 1.77. The molecule has 1 aromatic heterocycles. The van der Waals surface area contributed by atoms with Crippen molar-refractivity contribution in [2.24, 2.45) is 4.99 Å². The number of aliphatic imine (C=N–C) groups is 1. The lowest BCUT2D eigenvalue weighted by Gasteiger charge is -2.04. The van der Waals surface area contributed by atoms with E-state index in [-0.39, 0.29) is 10.6 Å². The molecule has 1 heterocycles. The minimum Gasteiger partial charge on any atom is -0.349 e. The Morgan fingerprint density at radius 3 is 2.57 bits per heavy atom.